The number of carbonyl (C=O) groups excluding carboxylic acids is 1. The lowest BCUT2D eigenvalue weighted by molar-refractivity contribution is -0.120. The fourth-order valence-corrected chi connectivity index (χ4v) is 1.95. The lowest BCUT2D eigenvalue weighted by atomic mass is 10.2. The van der Waals surface area contributed by atoms with E-state index >= 15 is 0 Å². The van der Waals surface area contributed by atoms with Crippen molar-refractivity contribution in [2.45, 2.75) is 18.1 Å². The van der Waals surface area contributed by atoms with Gasteiger partial charge in [-0.3, -0.25) is 4.79 Å². The van der Waals surface area contributed by atoms with Crippen LogP contribution in [0.1, 0.15) is 12.8 Å². The van der Waals surface area contributed by atoms with Gasteiger partial charge in [0.05, 0.1) is 6.61 Å². The molecule has 1 rings (SSSR count). The van der Waals surface area contributed by atoms with Gasteiger partial charge in [-0.15, -0.1) is 0 Å². The first-order valence-electron chi connectivity index (χ1n) is 3.80. The Bertz CT molecular complexity index is 276. The Labute approximate surface area is 71.5 Å². The van der Waals surface area contributed by atoms with Crippen molar-refractivity contribution in [1.29, 1.82) is 0 Å². The van der Waals surface area contributed by atoms with Gasteiger partial charge >= 0.3 is 0 Å². The van der Waals surface area contributed by atoms with Gasteiger partial charge in [0.2, 0.25) is 0 Å². The molecule has 0 aromatic rings. The number of ketones is 1. The maximum absolute atomic E-state index is 11.2. The normalized spacial score (nSPS) is 20.5. The molecule has 1 aliphatic rings. The number of sulfone groups is 1. The van der Waals surface area contributed by atoms with Crippen LogP contribution in [-0.4, -0.2) is 37.4 Å². The van der Waals surface area contributed by atoms with Gasteiger partial charge in [0, 0.05) is 12.2 Å². The van der Waals surface area contributed by atoms with E-state index in [0.717, 1.165) is 19.1 Å². The lowest BCUT2D eigenvalue weighted by Gasteiger charge is -2.09. The van der Waals surface area contributed by atoms with E-state index < -0.39 is 21.7 Å². The summed E-state index contributed by atoms with van der Waals surface area (Å²) in [6.07, 6.45) is 2.52. The molecule has 0 radical (unpaired) electrons. The van der Waals surface area contributed by atoms with Gasteiger partial charge in [0.1, 0.15) is 5.25 Å². The smallest absolute Gasteiger partial charge is 0.159 e. The molecule has 1 fully saturated rings. The molecule has 12 heavy (non-hydrogen) atoms. The second-order valence-electron chi connectivity index (χ2n) is 3.18. The molecule has 4 nitrogen and oxygen atoms in total. The van der Waals surface area contributed by atoms with Crippen LogP contribution in [0.2, 0.25) is 0 Å². The zero-order valence-electron chi connectivity index (χ0n) is 6.86. The third kappa shape index (κ3) is 2.04. The minimum Gasteiger partial charge on any atom is -0.395 e. The molecule has 0 heterocycles. The van der Waals surface area contributed by atoms with Crippen LogP contribution in [0, 0.1) is 5.92 Å². The Morgan fingerprint density at radius 2 is 2.08 bits per heavy atom. The second-order valence-corrected chi connectivity index (χ2v) is 5.41. The molecule has 1 atom stereocenters. The summed E-state index contributed by atoms with van der Waals surface area (Å²) in [6, 6.07) is 0. The van der Waals surface area contributed by atoms with E-state index in [1.165, 1.54) is 0 Å². The summed E-state index contributed by atoms with van der Waals surface area (Å²) in [6.45, 7) is -0.589. The highest BCUT2D eigenvalue weighted by molar-refractivity contribution is 7.92. The average molecular weight is 192 g/mol. The summed E-state index contributed by atoms with van der Waals surface area (Å²) in [5.74, 6) is -0.433. The van der Waals surface area contributed by atoms with E-state index in [0.29, 0.717) is 0 Å². The molecule has 1 unspecified atom stereocenters. The summed E-state index contributed by atoms with van der Waals surface area (Å²) >= 11 is 0. The number of Topliss-reactive ketones (excluding diaryl/α,β-unsaturated/α-hetero) is 1. The molecule has 1 N–H and O–H groups in total. The van der Waals surface area contributed by atoms with Crippen LogP contribution in [0.5, 0.6) is 0 Å². The Morgan fingerprint density at radius 3 is 2.33 bits per heavy atom. The molecule has 70 valence electrons. The Morgan fingerprint density at radius 1 is 1.58 bits per heavy atom. The fraction of sp³-hybridized carbons (Fsp3) is 0.857. The SMILES string of the molecule is CS(=O)(=O)C(CO)C(=O)C1CC1. The molecule has 0 aromatic carbocycles. The van der Waals surface area contributed by atoms with Crippen LogP contribution in [0.3, 0.4) is 0 Å². The van der Waals surface area contributed by atoms with E-state index in [2.05, 4.69) is 0 Å². The molecule has 0 amide bonds. The second kappa shape index (κ2) is 3.14. The van der Waals surface area contributed by atoms with Gasteiger partial charge in [0.25, 0.3) is 0 Å². The number of hydrogen-bond acceptors (Lipinski definition) is 4. The maximum atomic E-state index is 11.2. The van der Waals surface area contributed by atoms with Crippen LogP contribution in [0.15, 0.2) is 0 Å². The Hall–Kier alpha value is -0.420. The minimum atomic E-state index is -3.42. The minimum absolute atomic E-state index is 0.114. The summed E-state index contributed by atoms with van der Waals surface area (Å²) in [5, 5.41) is 7.52. The summed E-state index contributed by atoms with van der Waals surface area (Å²) in [4.78, 5) is 11.2. The average Bonchev–Trinajstić information content (AvgIpc) is 2.65. The molecular formula is C7H12O4S. The molecule has 0 aromatic heterocycles. The number of aliphatic hydroxyl groups excluding tert-OH is 1. The zero-order valence-corrected chi connectivity index (χ0v) is 7.67. The summed E-state index contributed by atoms with van der Waals surface area (Å²) < 4.78 is 21.9. The number of hydrogen-bond donors (Lipinski definition) is 1. The highest BCUT2D eigenvalue weighted by Crippen LogP contribution is 2.32. The van der Waals surface area contributed by atoms with Crippen LogP contribution in [0.25, 0.3) is 0 Å². The Balaban J connectivity index is 2.74. The molecule has 5 heteroatoms. The number of aliphatic hydroxyl groups is 1. The van der Waals surface area contributed by atoms with Crippen LogP contribution < -0.4 is 0 Å². The van der Waals surface area contributed by atoms with E-state index in [1.807, 2.05) is 0 Å². The van der Waals surface area contributed by atoms with E-state index in [9.17, 15) is 13.2 Å². The third-order valence-electron chi connectivity index (χ3n) is 1.98. The largest absolute Gasteiger partial charge is 0.395 e. The van der Waals surface area contributed by atoms with Crippen molar-refractivity contribution < 1.29 is 18.3 Å². The first-order chi connectivity index (χ1) is 5.46. The van der Waals surface area contributed by atoms with Crippen molar-refractivity contribution in [2.75, 3.05) is 12.9 Å². The third-order valence-corrected chi connectivity index (χ3v) is 3.39. The van der Waals surface area contributed by atoms with E-state index in [4.69, 9.17) is 5.11 Å². The topological polar surface area (TPSA) is 71.4 Å². The summed E-state index contributed by atoms with van der Waals surface area (Å²) in [7, 11) is -3.42. The molecule has 0 bridgehead atoms. The van der Waals surface area contributed by atoms with Crippen molar-refractivity contribution in [3.05, 3.63) is 0 Å². The van der Waals surface area contributed by atoms with Crippen molar-refractivity contribution in [1.82, 2.24) is 0 Å². The van der Waals surface area contributed by atoms with Crippen molar-refractivity contribution in [3.63, 3.8) is 0 Å². The number of carbonyl (C=O) groups is 1. The molecule has 1 saturated carbocycles. The van der Waals surface area contributed by atoms with Gasteiger partial charge in [-0.05, 0) is 12.8 Å². The highest BCUT2D eigenvalue weighted by Gasteiger charge is 2.38. The predicted molar refractivity (Wildman–Crippen MR) is 43.4 cm³/mol. The van der Waals surface area contributed by atoms with Gasteiger partial charge in [-0.2, -0.15) is 0 Å². The molecule has 1 aliphatic carbocycles. The first kappa shape index (κ1) is 9.67. The van der Waals surface area contributed by atoms with Crippen molar-refractivity contribution in [2.24, 2.45) is 5.92 Å². The number of rotatable bonds is 4. The molecule has 0 saturated heterocycles. The lowest BCUT2D eigenvalue weighted by Crippen LogP contribution is -2.34. The van der Waals surface area contributed by atoms with E-state index in [-0.39, 0.29) is 11.7 Å². The van der Waals surface area contributed by atoms with Gasteiger partial charge < -0.3 is 5.11 Å². The highest BCUT2D eigenvalue weighted by atomic mass is 32.2. The van der Waals surface area contributed by atoms with Gasteiger partial charge in [-0.1, -0.05) is 0 Å². The maximum Gasteiger partial charge on any atom is 0.159 e. The first-order valence-corrected chi connectivity index (χ1v) is 5.75. The van der Waals surface area contributed by atoms with Crippen LogP contribution in [0.4, 0.5) is 0 Å². The van der Waals surface area contributed by atoms with Crippen molar-refractivity contribution >= 4 is 15.6 Å². The Kier molecular flexibility index (Phi) is 2.53. The van der Waals surface area contributed by atoms with Crippen molar-refractivity contribution in [3.8, 4) is 0 Å². The predicted octanol–water partition coefficient (Wildman–Crippen LogP) is -0.629. The van der Waals surface area contributed by atoms with Crippen LogP contribution >= 0.6 is 0 Å². The fourth-order valence-electron chi connectivity index (χ4n) is 1.07. The van der Waals surface area contributed by atoms with Crippen LogP contribution in [-0.2, 0) is 14.6 Å². The standard InChI is InChI=1S/C7H12O4S/c1-12(10,11)6(4-8)7(9)5-2-3-5/h5-6,8H,2-4H2,1H3. The van der Waals surface area contributed by atoms with Gasteiger partial charge in [-0.25, -0.2) is 8.42 Å². The summed E-state index contributed by atoms with van der Waals surface area (Å²) in [5.41, 5.74) is 0. The van der Waals surface area contributed by atoms with Gasteiger partial charge in [0.15, 0.2) is 15.6 Å². The molecule has 0 spiro atoms. The molecule has 0 aliphatic heterocycles. The quantitative estimate of drug-likeness (QED) is 0.644. The molecular weight excluding hydrogens is 180 g/mol. The monoisotopic (exact) mass is 192 g/mol. The van der Waals surface area contributed by atoms with E-state index in [1.54, 1.807) is 0 Å². The zero-order chi connectivity index (χ0) is 9.35.